The number of aryl methyl sites for hydroxylation is 1. The van der Waals surface area contributed by atoms with E-state index in [1.54, 1.807) is 0 Å². The number of nitrogens with one attached hydrogen (secondary N) is 2. The van der Waals surface area contributed by atoms with E-state index in [0.717, 1.165) is 28.8 Å². The Balaban J connectivity index is 2.19. The summed E-state index contributed by atoms with van der Waals surface area (Å²) in [6.07, 6.45) is 0. The van der Waals surface area contributed by atoms with Crippen molar-refractivity contribution in [3.05, 3.63) is 41.5 Å². The van der Waals surface area contributed by atoms with Crippen molar-refractivity contribution in [3.63, 3.8) is 0 Å². The molecule has 0 unspecified atom stereocenters. The predicted octanol–water partition coefficient (Wildman–Crippen LogP) is 3.13. The molecule has 112 valence electrons. The Kier molecular flexibility index (Phi) is 4.40. The maximum Gasteiger partial charge on any atom is 0.138 e. The molecule has 2 heterocycles. The molecule has 2 aromatic heterocycles. The molecule has 0 aliphatic carbocycles. The normalized spacial score (nSPS) is 11.3. The summed E-state index contributed by atoms with van der Waals surface area (Å²) >= 11 is 0. The molecule has 0 saturated carbocycles. The highest BCUT2D eigenvalue weighted by atomic mass is 15.1. The third kappa shape index (κ3) is 4.15. The first-order valence-corrected chi connectivity index (χ1v) is 7.12. The summed E-state index contributed by atoms with van der Waals surface area (Å²) in [5.41, 5.74) is 1.92. The third-order valence-corrected chi connectivity index (χ3v) is 3.05. The largest absolute Gasteiger partial charge is 0.373 e. The second kappa shape index (κ2) is 6.08. The van der Waals surface area contributed by atoms with Gasteiger partial charge in [0.2, 0.25) is 0 Å². The third-order valence-electron chi connectivity index (χ3n) is 3.05. The Morgan fingerprint density at radius 3 is 2.38 bits per heavy atom. The maximum absolute atomic E-state index is 4.60. The first-order valence-electron chi connectivity index (χ1n) is 7.12. The predicted molar refractivity (Wildman–Crippen MR) is 86.6 cm³/mol. The average Bonchev–Trinajstić information content (AvgIpc) is 2.44. The van der Waals surface area contributed by atoms with E-state index in [1.165, 1.54) is 0 Å². The van der Waals surface area contributed by atoms with Crippen LogP contribution in [0.25, 0.3) is 0 Å². The van der Waals surface area contributed by atoms with E-state index < -0.39 is 0 Å². The summed E-state index contributed by atoms with van der Waals surface area (Å²) in [5.74, 6) is 2.44. The molecule has 0 bridgehead atoms. The monoisotopic (exact) mass is 285 g/mol. The number of anilines is 2. The number of hydrogen-bond acceptors (Lipinski definition) is 5. The average molecular weight is 285 g/mol. The van der Waals surface area contributed by atoms with E-state index in [0.29, 0.717) is 6.54 Å². The second-order valence-corrected chi connectivity index (χ2v) is 6.09. The molecule has 0 saturated heterocycles. The Morgan fingerprint density at radius 2 is 1.76 bits per heavy atom. The highest BCUT2D eigenvalue weighted by molar-refractivity contribution is 5.48. The molecule has 0 aliphatic heterocycles. The lowest BCUT2D eigenvalue weighted by molar-refractivity contribution is 0.546. The summed E-state index contributed by atoms with van der Waals surface area (Å²) in [7, 11) is 1.86. The molecule has 0 aliphatic rings. The zero-order chi connectivity index (χ0) is 15.5. The second-order valence-electron chi connectivity index (χ2n) is 6.09. The van der Waals surface area contributed by atoms with Crippen LogP contribution in [0.5, 0.6) is 0 Å². The highest BCUT2D eigenvalue weighted by Gasteiger charge is 2.18. The zero-order valence-corrected chi connectivity index (χ0v) is 13.4. The van der Waals surface area contributed by atoms with Gasteiger partial charge >= 0.3 is 0 Å². The summed E-state index contributed by atoms with van der Waals surface area (Å²) < 4.78 is 0. The fourth-order valence-corrected chi connectivity index (χ4v) is 1.88. The van der Waals surface area contributed by atoms with Crippen molar-refractivity contribution >= 4 is 11.6 Å². The van der Waals surface area contributed by atoms with E-state index >= 15 is 0 Å². The van der Waals surface area contributed by atoms with Crippen molar-refractivity contribution in [1.29, 1.82) is 0 Å². The van der Waals surface area contributed by atoms with Crippen LogP contribution >= 0.6 is 0 Å². The lowest BCUT2D eigenvalue weighted by Crippen LogP contribution is -2.18. The molecule has 0 amide bonds. The van der Waals surface area contributed by atoms with Gasteiger partial charge in [-0.25, -0.2) is 9.97 Å². The Labute approximate surface area is 126 Å². The molecular formula is C16H23N5. The topological polar surface area (TPSA) is 62.7 Å². The van der Waals surface area contributed by atoms with E-state index in [-0.39, 0.29) is 5.41 Å². The molecule has 0 spiro atoms. The van der Waals surface area contributed by atoms with Crippen LogP contribution in [0.1, 0.15) is 38.0 Å². The van der Waals surface area contributed by atoms with Crippen molar-refractivity contribution in [2.75, 3.05) is 17.7 Å². The summed E-state index contributed by atoms with van der Waals surface area (Å²) in [6.45, 7) is 8.95. The maximum atomic E-state index is 4.60. The Hall–Kier alpha value is -2.17. The molecule has 0 atom stereocenters. The van der Waals surface area contributed by atoms with Gasteiger partial charge in [0, 0.05) is 24.2 Å². The molecular weight excluding hydrogens is 262 g/mol. The number of rotatable bonds is 4. The molecule has 2 N–H and O–H groups in total. The van der Waals surface area contributed by atoms with Crippen LogP contribution in [0, 0.1) is 6.92 Å². The number of nitrogens with zero attached hydrogens (tertiary/aromatic N) is 3. The minimum absolute atomic E-state index is 0.0924. The fraction of sp³-hybridized carbons (Fsp3) is 0.438. The van der Waals surface area contributed by atoms with Gasteiger partial charge in [-0.3, -0.25) is 4.98 Å². The number of aromatic nitrogens is 3. The van der Waals surface area contributed by atoms with E-state index in [1.807, 2.05) is 38.2 Å². The lowest BCUT2D eigenvalue weighted by Gasteiger charge is -2.18. The van der Waals surface area contributed by atoms with Gasteiger partial charge in [-0.1, -0.05) is 26.8 Å². The quantitative estimate of drug-likeness (QED) is 0.903. The van der Waals surface area contributed by atoms with Crippen LogP contribution < -0.4 is 10.6 Å². The van der Waals surface area contributed by atoms with Crippen molar-refractivity contribution in [3.8, 4) is 0 Å². The zero-order valence-electron chi connectivity index (χ0n) is 13.4. The van der Waals surface area contributed by atoms with Crippen LogP contribution in [0.3, 0.4) is 0 Å². The molecule has 21 heavy (non-hydrogen) atoms. The van der Waals surface area contributed by atoms with Crippen molar-refractivity contribution in [2.45, 2.75) is 39.7 Å². The van der Waals surface area contributed by atoms with Crippen LogP contribution in [-0.4, -0.2) is 22.0 Å². The molecule has 5 nitrogen and oxygen atoms in total. The van der Waals surface area contributed by atoms with Crippen LogP contribution in [-0.2, 0) is 12.0 Å². The van der Waals surface area contributed by atoms with E-state index in [9.17, 15) is 0 Å². The van der Waals surface area contributed by atoms with Crippen molar-refractivity contribution in [1.82, 2.24) is 15.0 Å². The smallest absolute Gasteiger partial charge is 0.138 e. The van der Waals surface area contributed by atoms with Gasteiger partial charge < -0.3 is 10.6 Å². The van der Waals surface area contributed by atoms with Crippen molar-refractivity contribution < 1.29 is 0 Å². The molecule has 0 radical (unpaired) electrons. The van der Waals surface area contributed by atoms with Gasteiger partial charge in [0.25, 0.3) is 0 Å². The minimum atomic E-state index is -0.0924. The molecule has 2 aromatic rings. The van der Waals surface area contributed by atoms with E-state index in [2.05, 4.69) is 46.4 Å². The first kappa shape index (κ1) is 15.2. The van der Waals surface area contributed by atoms with Gasteiger partial charge in [0.15, 0.2) is 0 Å². The summed E-state index contributed by atoms with van der Waals surface area (Å²) in [6, 6.07) is 7.92. The summed E-state index contributed by atoms with van der Waals surface area (Å²) in [4.78, 5) is 13.6. The van der Waals surface area contributed by atoms with E-state index in [4.69, 9.17) is 0 Å². The van der Waals surface area contributed by atoms with Gasteiger partial charge in [-0.2, -0.15) is 0 Å². The van der Waals surface area contributed by atoms with Gasteiger partial charge in [0.1, 0.15) is 17.5 Å². The van der Waals surface area contributed by atoms with Crippen LogP contribution in [0.2, 0.25) is 0 Å². The molecule has 0 aromatic carbocycles. The van der Waals surface area contributed by atoms with Crippen LogP contribution in [0.15, 0.2) is 24.3 Å². The first-order chi connectivity index (χ1) is 9.88. The molecule has 2 rings (SSSR count). The Morgan fingerprint density at radius 1 is 1.05 bits per heavy atom. The summed E-state index contributed by atoms with van der Waals surface area (Å²) in [5, 5.41) is 6.40. The Bertz CT molecular complexity index is 616. The number of pyridine rings is 1. The van der Waals surface area contributed by atoms with Gasteiger partial charge in [0.05, 0.1) is 12.2 Å². The molecule has 0 fully saturated rings. The van der Waals surface area contributed by atoms with Gasteiger partial charge in [-0.05, 0) is 19.1 Å². The standard InChI is InChI=1S/C16H23N5/c1-11-7-6-8-12(19-11)10-18-14-9-13(17-5)20-15(21-14)16(2,3)4/h6-9H,10H2,1-5H3,(H2,17,18,20,21). The van der Waals surface area contributed by atoms with Gasteiger partial charge in [-0.15, -0.1) is 0 Å². The molecule has 5 heteroatoms. The SMILES string of the molecule is CNc1cc(NCc2cccc(C)n2)nc(C(C)(C)C)n1. The lowest BCUT2D eigenvalue weighted by atomic mass is 9.96. The fourth-order valence-electron chi connectivity index (χ4n) is 1.88. The minimum Gasteiger partial charge on any atom is -0.373 e. The van der Waals surface area contributed by atoms with Crippen molar-refractivity contribution in [2.24, 2.45) is 0 Å². The highest BCUT2D eigenvalue weighted by Crippen LogP contribution is 2.22. The number of hydrogen-bond donors (Lipinski definition) is 2. The van der Waals surface area contributed by atoms with Crippen LogP contribution in [0.4, 0.5) is 11.6 Å².